The van der Waals surface area contributed by atoms with Crippen LogP contribution in [0.4, 0.5) is 0 Å². The first-order valence-corrected chi connectivity index (χ1v) is 13.3. The average molecular weight is 452 g/mol. The van der Waals surface area contributed by atoms with E-state index >= 15 is 0 Å². The van der Waals surface area contributed by atoms with Crippen molar-refractivity contribution in [3.05, 3.63) is 17.5 Å². The Morgan fingerprint density at radius 1 is 1.03 bits per heavy atom. The van der Waals surface area contributed by atoms with E-state index in [1.54, 1.807) is 4.68 Å². The van der Waals surface area contributed by atoms with E-state index in [0.717, 1.165) is 62.6 Å². The lowest BCUT2D eigenvalue weighted by Gasteiger charge is -2.46. The molecule has 1 aromatic heterocycles. The third-order valence-corrected chi connectivity index (χ3v) is 9.07. The third kappa shape index (κ3) is 4.68. The summed E-state index contributed by atoms with van der Waals surface area (Å²) in [6.45, 7) is 1.88. The fourth-order valence-electron chi connectivity index (χ4n) is 5.81. The highest BCUT2D eigenvalue weighted by Crippen LogP contribution is 2.35. The first-order valence-electron chi connectivity index (χ1n) is 11.9. The standard InChI is InChI=1S/C22H37N5O3S/c1-16-19(15-25(2)23-16)20-14-21(26(3)31(29,30)24-20)22(28)27(17-10-6-4-7-11-17)18-12-8-5-9-13-18/h15,17-18,20-21,24H,4-14H2,1-3H3. The van der Waals surface area contributed by atoms with Gasteiger partial charge in [0.1, 0.15) is 6.04 Å². The van der Waals surface area contributed by atoms with Crippen LogP contribution in [-0.2, 0) is 22.1 Å². The number of likely N-dealkylation sites (N-methyl/N-ethyl adjacent to an activating group) is 1. The van der Waals surface area contributed by atoms with Crippen LogP contribution in [0.15, 0.2) is 6.20 Å². The highest BCUT2D eigenvalue weighted by molar-refractivity contribution is 7.87. The number of nitrogens with one attached hydrogen (secondary N) is 1. The molecule has 0 radical (unpaired) electrons. The van der Waals surface area contributed by atoms with Gasteiger partial charge in [-0.05, 0) is 39.0 Å². The second kappa shape index (κ2) is 9.19. The van der Waals surface area contributed by atoms with Gasteiger partial charge in [-0.1, -0.05) is 38.5 Å². The molecule has 1 amide bonds. The number of aromatic nitrogens is 2. The molecule has 0 bridgehead atoms. The van der Waals surface area contributed by atoms with Gasteiger partial charge in [-0.3, -0.25) is 9.48 Å². The second-order valence-electron chi connectivity index (χ2n) is 9.62. The largest absolute Gasteiger partial charge is 0.335 e. The average Bonchev–Trinajstić information content (AvgIpc) is 3.09. The van der Waals surface area contributed by atoms with Crippen LogP contribution in [0.5, 0.6) is 0 Å². The van der Waals surface area contributed by atoms with E-state index in [4.69, 9.17) is 0 Å². The van der Waals surface area contributed by atoms with Gasteiger partial charge in [0, 0.05) is 37.9 Å². The number of nitrogens with zero attached hydrogens (tertiary/aromatic N) is 4. The van der Waals surface area contributed by atoms with Gasteiger partial charge in [-0.15, -0.1) is 0 Å². The number of aryl methyl sites for hydroxylation is 2. The van der Waals surface area contributed by atoms with E-state index in [1.165, 1.54) is 24.2 Å². The lowest BCUT2D eigenvalue weighted by molar-refractivity contribution is -0.142. The van der Waals surface area contributed by atoms with Crippen molar-refractivity contribution in [2.75, 3.05) is 7.05 Å². The van der Waals surface area contributed by atoms with E-state index < -0.39 is 22.3 Å². The molecule has 2 aliphatic carbocycles. The van der Waals surface area contributed by atoms with E-state index in [2.05, 4.69) is 14.7 Å². The third-order valence-electron chi connectivity index (χ3n) is 7.47. The predicted octanol–water partition coefficient (Wildman–Crippen LogP) is 2.80. The molecule has 3 fully saturated rings. The molecular formula is C22H37N5O3S. The summed E-state index contributed by atoms with van der Waals surface area (Å²) >= 11 is 0. The van der Waals surface area contributed by atoms with Gasteiger partial charge in [0.25, 0.3) is 10.2 Å². The maximum Gasteiger partial charge on any atom is 0.280 e. The van der Waals surface area contributed by atoms with Crippen LogP contribution < -0.4 is 4.72 Å². The molecular weight excluding hydrogens is 414 g/mol. The first-order chi connectivity index (χ1) is 14.8. The van der Waals surface area contributed by atoms with Crippen molar-refractivity contribution < 1.29 is 13.2 Å². The molecule has 4 rings (SSSR count). The lowest BCUT2D eigenvalue weighted by Crippen LogP contribution is -2.61. The molecule has 31 heavy (non-hydrogen) atoms. The van der Waals surface area contributed by atoms with Crippen LogP contribution in [0.25, 0.3) is 0 Å². The normalized spacial score (nSPS) is 28.5. The highest BCUT2D eigenvalue weighted by atomic mass is 32.2. The van der Waals surface area contributed by atoms with Gasteiger partial charge in [0.05, 0.1) is 11.7 Å². The van der Waals surface area contributed by atoms with Gasteiger partial charge >= 0.3 is 0 Å². The van der Waals surface area contributed by atoms with E-state index in [-0.39, 0.29) is 18.0 Å². The summed E-state index contributed by atoms with van der Waals surface area (Å²) in [5, 5.41) is 4.38. The van der Waals surface area contributed by atoms with Crippen molar-refractivity contribution in [2.24, 2.45) is 7.05 Å². The van der Waals surface area contributed by atoms with Crippen LogP contribution >= 0.6 is 0 Å². The zero-order valence-electron chi connectivity index (χ0n) is 19.1. The van der Waals surface area contributed by atoms with Gasteiger partial charge in [0.15, 0.2) is 0 Å². The molecule has 8 nitrogen and oxygen atoms in total. The molecule has 1 aromatic rings. The number of amides is 1. The van der Waals surface area contributed by atoms with Crippen molar-refractivity contribution >= 4 is 16.1 Å². The smallest absolute Gasteiger partial charge is 0.280 e. The summed E-state index contributed by atoms with van der Waals surface area (Å²) in [5.41, 5.74) is 1.64. The maximum absolute atomic E-state index is 14.0. The molecule has 2 atom stereocenters. The Balaban J connectivity index is 1.64. The van der Waals surface area contributed by atoms with Crippen LogP contribution in [-0.4, -0.2) is 58.5 Å². The van der Waals surface area contributed by atoms with Crippen molar-refractivity contribution in [3.8, 4) is 0 Å². The number of carbonyl (C=O) groups is 1. The Hall–Kier alpha value is -1.45. The fraction of sp³-hybridized carbons (Fsp3) is 0.818. The number of carbonyl (C=O) groups excluding carboxylic acids is 1. The Kier molecular flexibility index (Phi) is 6.74. The van der Waals surface area contributed by atoms with Crippen molar-refractivity contribution in [1.29, 1.82) is 0 Å². The van der Waals surface area contributed by atoms with Crippen molar-refractivity contribution in [3.63, 3.8) is 0 Å². The molecule has 0 aromatic carbocycles. The molecule has 1 saturated heterocycles. The summed E-state index contributed by atoms with van der Waals surface area (Å²) in [7, 11) is -0.388. The van der Waals surface area contributed by atoms with Gasteiger partial charge < -0.3 is 4.90 Å². The Morgan fingerprint density at radius 3 is 2.06 bits per heavy atom. The summed E-state index contributed by atoms with van der Waals surface area (Å²) < 4.78 is 31.7. The molecule has 3 aliphatic rings. The highest BCUT2D eigenvalue weighted by Gasteiger charge is 2.45. The zero-order valence-corrected chi connectivity index (χ0v) is 19.9. The zero-order chi connectivity index (χ0) is 22.2. The Bertz CT molecular complexity index is 869. The topological polar surface area (TPSA) is 87.5 Å². The quantitative estimate of drug-likeness (QED) is 0.763. The van der Waals surface area contributed by atoms with E-state index in [9.17, 15) is 13.2 Å². The lowest BCUT2D eigenvalue weighted by atomic mass is 9.87. The second-order valence-corrected chi connectivity index (χ2v) is 11.4. The van der Waals surface area contributed by atoms with Gasteiger partial charge in [0.2, 0.25) is 5.91 Å². The number of rotatable bonds is 4. The van der Waals surface area contributed by atoms with Crippen molar-refractivity contribution in [1.82, 2.24) is 23.7 Å². The SMILES string of the molecule is Cc1nn(C)cc1C1CC(C(=O)N(C2CCCCC2)C2CCCCC2)N(C)S(=O)(=O)N1. The summed E-state index contributed by atoms with van der Waals surface area (Å²) in [6, 6.07) is -0.633. The summed E-state index contributed by atoms with van der Waals surface area (Å²) in [6.07, 6.45) is 13.5. The molecule has 1 aliphatic heterocycles. The molecule has 0 spiro atoms. The number of hydrogen-bond acceptors (Lipinski definition) is 4. The maximum atomic E-state index is 14.0. The summed E-state index contributed by atoms with van der Waals surface area (Å²) in [4.78, 5) is 16.2. The van der Waals surface area contributed by atoms with Crippen LogP contribution in [0.2, 0.25) is 0 Å². The monoisotopic (exact) mass is 451 g/mol. The van der Waals surface area contributed by atoms with Gasteiger partial charge in [-0.25, -0.2) is 0 Å². The minimum atomic E-state index is -3.76. The van der Waals surface area contributed by atoms with Crippen LogP contribution in [0.3, 0.4) is 0 Å². The molecule has 1 N–H and O–H groups in total. The predicted molar refractivity (Wildman–Crippen MR) is 120 cm³/mol. The first kappa shape index (κ1) is 22.7. The molecule has 9 heteroatoms. The Morgan fingerprint density at radius 2 is 1.58 bits per heavy atom. The minimum Gasteiger partial charge on any atom is -0.335 e. The molecule has 2 unspecified atom stereocenters. The fourth-order valence-corrected chi connectivity index (χ4v) is 7.07. The molecule has 2 saturated carbocycles. The number of hydrogen-bond donors (Lipinski definition) is 1. The Labute approximate surface area is 186 Å². The van der Waals surface area contributed by atoms with E-state index in [1.807, 2.05) is 20.2 Å². The summed E-state index contributed by atoms with van der Waals surface area (Å²) in [5.74, 6) is -0.00193. The molecule has 2 heterocycles. The minimum absolute atomic E-state index is 0.00193. The van der Waals surface area contributed by atoms with Crippen LogP contribution in [0, 0.1) is 6.92 Å². The van der Waals surface area contributed by atoms with E-state index in [0.29, 0.717) is 6.42 Å². The van der Waals surface area contributed by atoms with Crippen molar-refractivity contribution in [2.45, 2.75) is 102 Å². The van der Waals surface area contributed by atoms with Gasteiger partial charge in [-0.2, -0.15) is 22.5 Å². The molecule has 174 valence electrons. The van der Waals surface area contributed by atoms with Crippen LogP contribution in [0.1, 0.15) is 87.9 Å².